The Morgan fingerprint density at radius 3 is 2.53 bits per heavy atom. The molecule has 5 heteroatoms. The molecular formula is C14H22N2O2S. The minimum absolute atomic E-state index is 0.210. The van der Waals surface area contributed by atoms with Gasteiger partial charge in [0.2, 0.25) is 0 Å². The van der Waals surface area contributed by atoms with Crippen LogP contribution < -0.4 is 4.90 Å². The quantitative estimate of drug-likeness (QED) is 0.869. The predicted octanol–water partition coefficient (Wildman–Crippen LogP) is 3.09. The van der Waals surface area contributed by atoms with E-state index in [0.29, 0.717) is 11.6 Å². The summed E-state index contributed by atoms with van der Waals surface area (Å²) in [4.78, 5) is 17.8. The molecule has 1 atom stereocenters. The minimum atomic E-state index is -0.906. The van der Waals surface area contributed by atoms with Crippen molar-refractivity contribution in [1.82, 2.24) is 4.98 Å². The van der Waals surface area contributed by atoms with E-state index in [1.54, 1.807) is 23.9 Å². The van der Waals surface area contributed by atoms with E-state index in [2.05, 4.69) is 18.2 Å². The average Bonchev–Trinajstić information content (AvgIpc) is 2.37. The first-order valence-electron chi connectivity index (χ1n) is 6.33. The molecule has 1 rings (SSSR count). The maximum Gasteiger partial charge on any atom is 0.335 e. The van der Waals surface area contributed by atoms with Gasteiger partial charge in [-0.05, 0) is 31.2 Å². The van der Waals surface area contributed by atoms with Crippen LogP contribution in [0.5, 0.6) is 0 Å². The number of aromatic nitrogens is 1. The van der Waals surface area contributed by atoms with Crippen LogP contribution in [0.1, 0.15) is 42.7 Å². The molecule has 0 fully saturated rings. The first kappa shape index (κ1) is 15.8. The molecule has 1 aromatic heterocycles. The highest BCUT2D eigenvalue weighted by Crippen LogP contribution is 2.21. The highest BCUT2D eigenvalue weighted by atomic mass is 32.2. The molecule has 106 valence electrons. The summed E-state index contributed by atoms with van der Waals surface area (Å²) in [6.07, 6.45) is 2.06. The van der Waals surface area contributed by atoms with Crippen molar-refractivity contribution in [2.24, 2.45) is 0 Å². The fraction of sp³-hybridized carbons (Fsp3) is 0.571. The predicted molar refractivity (Wildman–Crippen MR) is 81.5 cm³/mol. The van der Waals surface area contributed by atoms with Crippen molar-refractivity contribution < 1.29 is 9.90 Å². The molecule has 0 aromatic carbocycles. The van der Waals surface area contributed by atoms with Gasteiger partial charge in [0.05, 0.1) is 5.56 Å². The Balaban J connectivity index is 3.15. The third-order valence-corrected chi connectivity index (χ3v) is 3.92. The number of nitrogens with zero attached hydrogens (tertiary/aromatic N) is 2. The zero-order valence-corrected chi connectivity index (χ0v) is 13.0. The van der Waals surface area contributed by atoms with Crippen LogP contribution in [0.3, 0.4) is 0 Å². The number of thioether (sulfide) groups is 1. The molecule has 0 bridgehead atoms. The van der Waals surface area contributed by atoms with Crippen LogP contribution in [0.15, 0.2) is 12.1 Å². The lowest BCUT2D eigenvalue weighted by atomic mass is 10.1. The average molecular weight is 282 g/mol. The van der Waals surface area contributed by atoms with Crippen molar-refractivity contribution in [3.05, 3.63) is 23.4 Å². The summed E-state index contributed by atoms with van der Waals surface area (Å²) < 4.78 is 0. The number of anilines is 1. The second-order valence-corrected chi connectivity index (χ2v) is 5.92. The van der Waals surface area contributed by atoms with Crippen molar-refractivity contribution in [2.45, 2.75) is 32.7 Å². The van der Waals surface area contributed by atoms with Gasteiger partial charge in [0, 0.05) is 24.5 Å². The molecule has 0 aliphatic rings. The van der Waals surface area contributed by atoms with Crippen LogP contribution >= 0.6 is 11.8 Å². The van der Waals surface area contributed by atoms with Crippen LogP contribution in [0, 0.1) is 0 Å². The number of hydrogen-bond donors (Lipinski definition) is 1. The zero-order chi connectivity index (χ0) is 14.6. The number of rotatable bonds is 6. The monoisotopic (exact) mass is 282 g/mol. The van der Waals surface area contributed by atoms with E-state index >= 15 is 0 Å². The van der Waals surface area contributed by atoms with Gasteiger partial charge in [-0.25, -0.2) is 9.78 Å². The van der Waals surface area contributed by atoms with Gasteiger partial charge in [-0.15, -0.1) is 0 Å². The first-order chi connectivity index (χ1) is 8.86. The minimum Gasteiger partial charge on any atom is -0.478 e. The second kappa shape index (κ2) is 6.80. The molecule has 19 heavy (non-hydrogen) atoms. The Labute approximate surface area is 119 Å². The standard InChI is InChI=1S/C14H22N2O2S/c1-9(2)12-6-11(14(17)18)7-13(15-12)16(4)10(3)8-19-5/h6-7,9-10H,8H2,1-5H3,(H,17,18). The summed E-state index contributed by atoms with van der Waals surface area (Å²) in [6.45, 7) is 6.15. The van der Waals surface area contributed by atoms with Crippen molar-refractivity contribution >= 4 is 23.5 Å². The summed E-state index contributed by atoms with van der Waals surface area (Å²) >= 11 is 1.77. The number of carboxylic acids is 1. The smallest absolute Gasteiger partial charge is 0.335 e. The molecule has 1 heterocycles. The number of hydrogen-bond acceptors (Lipinski definition) is 4. The Morgan fingerprint density at radius 1 is 1.42 bits per heavy atom. The third-order valence-electron chi connectivity index (χ3n) is 3.10. The van der Waals surface area contributed by atoms with Gasteiger partial charge in [0.15, 0.2) is 0 Å². The highest BCUT2D eigenvalue weighted by molar-refractivity contribution is 7.98. The summed E-state index contributed by atoms with van der Waals surface area (Å²) in [5, 5.41) is 9.19. The Morgan fingerprint density at radius 2 is 2.05 bits per heavy atom. The number of aromatic carboxylic acids is 1. The number of carbonyl (C=O) groups is 1. The Bertz CT molecular complexity index is 449. The molecule has 0 aliphatic carbocycles. The Kier molecular flexibility index (Phi) is 5.66. The SMILES string of the molecule is CSCC(C)N(C)c1cc(C(=O)O)cc(C(C)C)n1. The summed E-state index contributed by atoms with van der Waals surface area (Å²) in [7, 11) is 1.96. The molecule has 0 spiro atoms. The fourth-order valence-electron chi connectivity index (χ4n) is 1.72. The molecule has 1 N–H and O–H groups in total. The van der Waals surface area contributed by atoms with E-state index in [4.69, 9.17) is 0 Å². The second-order valence-electron chi connectivity index (χ2n) is 5.01. The zero-order valence-electron chi connectivity index (χ0n) is 12.2. The molecule has 1 unspecified atom stereocenters. The third kappa shape index (κ3) is 4.13. The fourth-order valence-corrected chi connectivity index (χ4v) is 2.42. The van der Waals surface area contributed by atoms with E-state index in [1.807, 2.05) is 25.8 Å². The molecule has 4 nitrogen and oxygen atoms in total. The lowest BCUT2D eigenvalue weighted by Crippen LogP contribution is -2.32. The van der Waals surface area contributed by atoms with Gasteiger partial charge in [-0.3, -0.25) is 0 Å². The summed E-state index contributed by atoms with van der Waals surface area (Å²) in [5.74, 6) is 1.01. The maximum atomic E-state index is 11.2. The molecule has 0 saturated heterocycles. The number of pyridine rings is 1. The summed E-state index contributed by atoms with van der Waals surface area (Å²) in [6, 6.07) is 3.61. The first-order valence-corrected chi connectivity index (χ1v) is 7.73. The normalized spacial score (nSPS) is 12.5. The van der Waals surface area contributed by atoms with E-state index in [-0.39, 0.29) is 5.92 Å². The molecular weight excluding hydrogens is 260 g/mol. The maximum absolute atomic E-state index is 11.2. The lowest BCUT2D eigenvalue weighted by molar-refractivity contribution is 0.0696. The van der Waals surface area contributed by atoms with Gasteiger partial charge in [0.25, 0.3) is 0 Å². The largest absolute Gasteiger partial charge is 0.478 e. The van der Waals surface area contributed by atoms with Crippen LogP contribution in [0.2, 0.25) is 0 Å². The molecule has 0 radical (unpaired) electrons. The van der Waals surface area contributed by atoms with E-state index < -0.39 is 5.97 Å². The molecule has 0 aliphatic heterocycles. The van der Waals surface area contributed by atoms with E-state index in [1.165, 1.54) is 0 Å². The number of carboxylic acid groups (broad SMARTS) is 1. The van der Waals surface area contributed by atoms with Gasteiger partial charge in [0.1, 0.15) is 5.82 Å². The summed E-state index contributed by atoms with van der Waals surface area (Å²) in [5.41, 5.74) is 1.12. The van der Waals surface area contributed by atoms with E-state index in [9.17, 15) is 9.90 Å². The molecule has 0 amide bonds. The van der Waals surface area contributed by atoms with Crippen LogP contribution in [-0.2, 0) is 0 Å². The van der Waals surface area contributed by atoms with Crippen LogP contribution in [-0.4, -0.2) is 41.2 Å². The highest BCUT2D eigenvalue weighted by Gasteiger charge is 2.16. The van der Waals surface area contributed by atoms with Crippen LogP contribution in [0.25, 0.3) is 0 Å². The van der Waals surface area contributed by atoms with Gasteiger partial charge in [-0.2, -0.15) is 11.8 Å². The van der Waals surface area contributed by atoms with Crippen molar-refractivity contribution in [1.29, 1.82) is 0 Å². The van der Waals surface area contributed by atoms with Gasteiger partial charge < -0.3 is 10.0 Å². The van der Waals surface area contributed by atoms with Gasteiger partial charge in [-0.1, -0.05) is 13.8 Å². The van der Waals surface area contributed by atoms with Crippen LogP contribution in [0.4, 0.5) is 5.82 Å². The van der Waals surface area contributed by atoms with Gasteiger partial charge >= 0.3 is 5.97 Å². The Hall–Kier alpha value is -1.23. The van der Waals surface area contributed by atoms with Crippen molar-refractivity contribution in [3.63, 3.8) is 0 Å². The lowest BCUT2D eigenvalue weighted by Gasteiger charge is -2.26. The molecule has 0 saturated carbocycles. The molecule has 1 aromatic rings. The van der Waals surface area contributed by atoms with Crippen molar-refractivity contribution in [2.75, 3.05) is 24.0 Å². The van der Waals surface area contributed by atoms with E-state index in [0.717, 1.165) is 17.3 Å². The van der Waals surface area contributed by atoms with Crippen molar-refractivity contribution in [3.8, 4) is 0 Å². The topological polar surface area (TPSA) is 53.4 Å².